The van der Waals surface area contributed by atoms with Crippen LogP contribution in [0.4, 0.5) is 0 Å². The maximum atomic E-state index is 3.54. The zero-order chi connectivity index (χ0) is 12.6. The molecule has 0 saturated carbocycles. The Morgan fingerprint density at radius 2 is 1.16 bits per heavy atom. The molecular formula is C16H19Br2N. The average molecular weight is 385 g/mol. The summed E-state index contributed by atoms with van der Waals surface area (Å²) in [6.45, 7) is 3.06. The monoisotopic (exact) mass is 383 g/mol. The van der Waals surface area contributed by atoms with Crippen molar-refractivity contribution >= 4 is 32.9 Å². The van der Waals surface area contributed by atoms with Gasteiger partial charge in [0.2, 0.25) is 0 Å². The van der Waals surface area contributed by atoms with Crippen molar-refractivity contribution in [1.29, 1.82) is 0 Å². The Bertz CT molecular complexity index is 403. The molecule has 0 aliphatic heterocycles. The van der Waals surface area contributed by atoms with Gasteiger partial charge in [0.05, 0.1) is 0 Å². The molecule has 1 nitrogen and oxygen atoms in total. The maximum Gasteiger partial charge on any atom is 0.0237 e. The van der Waals surface area contributed by atoms with E-state index in [9.17, 15) is 0 Å². The van der Waals surface area contributed by atoms with Gasteiger partial charge in [-0.2, -0.15) is 0 Å². The Balaban J connectivity index is 0.00000180. The van der Waals surface area contributed by atoms with Gasteiger partial charge in [-0.3, -0.25) is 4.90 Å². The van der Waals surface area contributed by atoms with Crippen LogP contribution < -0.4 is 0 Å². The van der Waals surface area contributed by atoms with Crippen molar-refractivity contribution in [2.45, 2.75) is 13.1 Å². The molecule has 2 aromatic rings. The molecule has 0 unspecified atom stereocenters. The van der Waals surface area contributed by atoms with Crippen molar-refractivity contribution < 1.29 is 0 Å². The van der Waals surface area contributed by atoms with E-state index in [4.69, 9.17) is 0 Å². The predicted molar refractivity (Wildman–Crippen MR) is 91.1 cm³/mol. The summed E-state index contributed by atoms with van der Waals surface area (Å²) in [6.07, 6.45) is 0. The van der Waals surface area contributed by atoms with Gasteiger partial charge in [0.1, 0.15) is 0 Å². The van der Waals surface area contributed by atoms with Gasteiger partial charge in [0.15, 0.2) is 0 Å². The molecule has 19 heavy (non-hydrogen) atoms. The van der Waals surface area contributed by atoms with Gasteiger partial charge in [0, 0.05) is 25.0 Å². The van der Waals surface area contributed by atoms with Crippen molar-refractivity contribution in [2.75, 3.05) is 11.9 Å². The van der Waals surface area contributed by atoms with Gasteiger partial charge in [-0.15, -0.1) is 17.0 Å². The number of nitrogens with zero attached hydrogens (tertiary/aromatic N) is 1. The zero-order valence-corrected chi connectivity index (χ0v) is 14.1. The molecular weight excluding hydrogens is 366 g/mol. The molecule has 2 rings (SSSR count). The van der Waals surface area contributed by atoms with Gasteiger partial charge in [-0.25, -0.2) is 0 Å². The fraction of sp³-hybridized carbons (Fsp3) is 0.250. The number of hydrogen-bond acceptors (Lipinski definition) is 1. The van der Waals surface area contributed by atoms with E-state index < -0.39 is 0 Å². The molecule has 0 aliphatic rings. The molecule has 0 heterocycles. The summed E-state index contributed by atoms with van der Waals surface area (Å²) in [6, 6.07) is 21.3. The van der Waals surface area contributed by atoms with E-state index >= 15 is 0 Å². The number of benzene rings is 2. The van der Waals surface area contributed by atoms with Crippen molar-refractivity contribution in [2.24, 2.45) is 0 Å². The Kier molecular flexibility index (Phi) is 8.03. The summed E-state index contributed by atoms with van der Waals surface area (Å²) >= 11 is 3.54. The number of hydrogen-bond donors (Lipinski definition) is 0. The van der Waals surface area contributed by atoms with Crippen LogP contribution in [0.25, 0.3) is 0 Å². The molecule has 0 aliphatic carbocycles. The molecule has 0 spiro atoms. The second kappa shape index (κ2) is 9.29. The van der Waals surface area contributed by atoms with Crippen molar-refractivity contribution in [1.82, 2.24) is 4.90 Å². The highest BCUT2D eigenvalue weighted by atomic mass is 79.9. The van der Waals surface area contributed by atoms with Gasteiger partial charge in [-0.05, 0) is 11.1 Å². The molecule has 0 atom stereocenters. The summed E-state index contributed by atoms with van der Waals surface area (Å²) < 4.78 is 0. The lowest BCUT2D eigenvalue weighted by atomic mass is 10.1. The lowest BCUT2D eigenvalue weighted by molar-refractivity contribution is 0.274. The van der Waals surface area contributed by atoms with Crippen LogP contribution >= 0.6 is 32.9 Å². The standard InChI is InChI=1S/C16H18BrN.BrH/c17-11-12-18(13-15-7-3-1-4-8-15)14-16-9-5-2-6-10-16;/h1-10H,11-14H2;1H. The van der Waals surface area contributed by atoms with Crippen LogP contribution in [0.5, 0.6) is 0 Å². The minimum Gasteiger partial charge on any atom is -0.294 e. The Hall–Kier alpha value is -0.640. The molecule has 0 radical (unpaired) electrons. The minimum atomic E-state index is 0. The first-order chi connectivity index (χ1) is 8.88. The Labute approximate surface area is 134 Å². The summed E-state index contributed by atoms with van der Waals surface area (Å²) in [5, 5.41) is 1.01. The lowest BCUT2D eigenvalue weighted by Gasteiger charge is -2.21. The fourth-order valence-corrected chi connectivity index (χ4v) is 2.52. The quantitative estimate of drug-likeness (QED) is 0.654. The topological polar surface area (TPSA) is 3.24 Å². The number of alkyl halides is 1. The molecule has 102 valence electrons. The van der Waals surface area contributed by atoms with Crippen LogP contribution in [0.1, 0.15) is 11.1 Å². The highest BCUT2D eigenvalue weighted by molar-refractivity contribution is 9.09. The molecule has 0 N–H and O–H groups in total. The molecule has 0 aromatic heterocycles. The first kappa shape index (κ1) is 16.4. The van der Waals surface area contributed by atoms with Crippen LogP contribution in [0.3, 0.4) is 0 Å². The molecule has 0 bridgehead atoms. The summed E-state index contributed by atoms with van der Waals surface area (Å²) in [7, 11) is 0. The van der Waals surface area contributed by atoms with Crippen molar-refractivity contribution in [3.05, 3.63) is 71.8 Å². The third-order valence-electron chi connectivity index (χ3n) is 2.90. The average Bonchev–Trinajstić information content (AvgIpc) is 2.41. The van der Waals surface area contributed by atoms with E-state index in [2.05, 4.69) is 81.5 Å². The first-order valence-electron chi connectivity index (χ1n) is 6.24. The second-order valence-corrected chi connectivity index (χ2v) is 5.16. The summed E-state index contributed by atoms with van der Waals surface area (Å²) in [5.74, 6) is 0. The van der Waals surface area contributed by atoms with Crippen LogP contribution in [0, 0.1) is 0 Å². The third kappa shape index (κ3) is 5.89. The lowest BCUT2D eigenvalue weighted by Crippen LogP contribution is -2.24. The highest BCUT2D eigenvalue weighted by Gasteiger charge is 2.05. The summed E-state index contributed by atoms with van der Waals surface area (Å²) in [5.41, 5.74) is 2.74. The third-order valence-corrected chi connectivity index (χ3v) is 3.25. The van der Waals surface area contributed by atoms with E-state index in [0.29, 0.717) is 0 Å². The smallest absolute Gasteiger partial charge is 0.0237 e. The van der Waals surface area contributed by atoms with Crippen LogP contribution in [0.2, 0.25) is 0 Å². The van der Waals surface area contributed by atoms with Crippen LogP contribution in [-0.4, -0.2) is 16.8 Å². The maximum absolute atomic E-state index is 3.54. The van der Waals surface area contributed by atoms with Crippen LogP contribution in [0.15, 0.2) is 60.7 Å². The van der Waals surface area contributed by atoms with E-state index in [1.54, 1.807) is 0 Å². The first-order valence-corrected chi connectivity index (χ1v) is 7.37. The Morgan fingerprint density at radius 3 is 1.53 bits per heavy atom. The SMILES string of the molecule is Br.BrCCN(Cc1ccccc1)Cc1ccccc1. The van der Waals surface area contributed by atoms with Gasteiger partial charge in [0.25, 0.3) is 0 Å². The predicted octanol–water partition coefficient (Wildman–Crippen LogP) is 4.66. The van der Waals surface area contributed by atoms with Crippen molar-refractivity contribution in [3.63, 3.8) is 0 Å². The minimum absolute atomic E-state index is 0. The largest absolute Gasteiger partial charge is 0.294 e. The van der Waals surface area contributed by atoms with Gasteiger partial charge < -0.3 is 0 Å². The van der Waals surface area contributed by atoms with Crippen molar-refractivity contribution in [3.8, 4) is 0 Å². The fourth-order valence-electron chi connectivity index (χ4n) is 2.02. The second-order valence-electron chi connectivity index (χ2n) is 4.37. The summed E-state index contributed by atoms with van der Waals surface area (Å²) in [4.78, 5) is 2.46. The van der Waals surface area contributed by atoms with E-state index in [0.717, 1.165) is 25.0 Å². The highest BCUT2D eigenvalue weighted by Crippen LogP contribution is 2.10. The molecule has 2 aromatic carbocycles. The molecule has 0 amide bonds. The molecule has 0 fully saturated rings. The van der Waals surface area contributed by atoms with Gasteiger partial charge in [-0.1, -0.05) is 76.6 Å². The normalized spacial score (nSPS) is 10.2. The van der Waals surface area contributed by atoms with Crippen LogP contribution in [-0.2, 0) is 13.1 Å². The molecule has 0 saturated heterocycles. The van der Waals surface area contributed by atoms with Gasteiger partial charge >= 0.3 is 0 Å². The molecule has 3 heteroatoms. The van der Waals surface area contributed by atoms with E-state index in [1.807, 2.05) is 0 Å². The number of halogens is 2. The zero-order valence-electron chi connectivity index (χ0n) is 10.8. The number of rotatable bonds is 6. The van der Waals surface area contributed by atoms with E-state index in [-0.39, 0.29) is 17.0 Å². The Morgan fingerprint density at radius 1 is 0.737 bits per heavy atom. The van der Waals surface area contributed by atoms with E-state index in [1.165, 1.54) is 11.1 Å².